The van der Waals surface area contributed by atoms with E-state index in [0.717, 1.165) is 6.42 Å². The molecule has 1 rings (SSSR count). The fraction of sp³-hybridized carbons (Fsp3) is 0.857. The van der Waals surface area contributed by atoms with Crippen molar-refractivity contribution in [1.82, 2.24) is 4.90 Å². The summed E-state index contributed by atoms with van der Waals surface area (Å²) in [6.07, 6.45) is -1.21. The molecule has 1 heterocycles. The van der Waals surface area contributed by atoms with Gasteiger partial charge in [-0.15, -0.1) is 0 Å². The zero-order valence-corrected chi connectivity index (χ0v) is 6.53. The highest BCUT2D eigenvalue weighted by molar-refractivity contribution is 5.81. The van der Waals surface area contributed by atoms with Crippen molar-refractivity contribution in [2.24, 2.45) is 0 Å². The first kappa shape index (κ1) is 8.49. The van der Waals surface area contributed by atoms with Crippen LogP contribution in [0.3, 0.4) is 0 Å². The minimum absolute atomic E-state index is 0.355. The topological polar surface area (TPSA) is 60.8 Å². The SMILES string of the molecule is CC(O)C(O)C(=O)N1CCC1. The van der Waals surface area contributed by atoms with E-state index in [9.17, 15) is 4.79 Å². The summed E-state index contributed by atoms with van der Waals surface area (Å²) in [7, 11) is 0. The highest BCUT2D eigenvalue weighted by Crippen LogP contribution is 2.09. The minimum atomic E-state index is -1.24. The first-order valence-electron chi connectivity index (χ1n) is 3.78. The van der Waals surface area contributed by atoms with Crippen molar-refractivity contribution in [1.29, 1.82) is 0 Å². The second kappa shape index (κ2) is 3.19. The third kappa shape index (κ3) is 1.70. The van der Waals surface area contributed by atoms with Gasteiger partial charge in [-0.25, -0.2) is 0 Å². The molecule has 4 nitrogen and oxygen atoms in total. The summed E-state index contributed by atoms with van der Waals surface area (Å²) >= 11 is 0. The first-order valence-corrected chi connectivity index (χ1v) is 3.78. The Morgan fingerprint density at radius 2 is 2.00 bits per heavy atom. The molecule has 0 aliphatic carbocycles. The Hall–Kier alpha value is -0.610. The summed E-state index contributed by atoms with van der Waals surface area (Å²) in [5, 5.41) is 18.0. The monoisotopic (exact) mass is 159 g/mol. The molecule has 1 amide bonds. The lowest BCUT2D eigenvalue weighted by Gasteiger charge is -2.33. The lowest BCUT2D eigenvalue weighted by atomic mass is 10.1. The molecule has 0 saturated carbocycles. The Kier molecular flexibility index (Phi) is 2.46. The Bertz CT molecular complexity index is 154. The molecule has 0 aromatic rings. The molecule has 11 heavy (non-hydrogen) atoms. The van der Waals surface area contributed by atoms with Crippen molar-refractivity contribution in [3.05, 3.63) is 0 Å². The van der Waals surface area contributed by atoms with Gasteiger partial charge in [-0.2, -0.15) is 0 Å². The second-order valence-electron chi connectivity index (χ2n) is 2.86. The van der Waals surface area contributed by atoms with Crippen molar-refractivity contribution in [2.75, 3.05) is 13.1 Å². The first-order chi connectivity index (χ1) is 5.13. The van der Waals surface area contributed by atoms with E-state index in [0.29, 0.717) is 13.1 Å². The zero-order chi connectivity index (χ0) is 8.43. The normalized spacial score (nSPS) is 22.3. The van der Waals surface area contributed by atoms with E-state index in [-0.39, 0.29) is 5.91 Å². The predicted octanol–water partition coefficient (Wildman–Crippen LogP) is -1.04. The van der Waals surface area contributed by atoms with Gasteiger partial charge in [-0.3, -0.25) is 4.79 Å². The van der Waals surface area contributed by atoms with E-state index in [1.807, 2.05) is 0 Å². The molecule has 2 N–H and O–H groups in total. The summed E-state index contributed by atoms with van der Waals surface area (Å²) in [5.74, 6) is -0.355. The molecular weight excluding hydrogens is 146 g/mol. The van der Waals surface area contributed by atoms with Gasteiger partial charge in [-0.1, -0.05) is 0 Å². The molecule has 1 fully saturated rings. The number of aliphatic hydroxyl groups is 2. The predicted molar refractivity (Wildman–Crippen MR) is 38.9 cm³/mol. The Balaban J connectivity index is 2.39. The van der Waals surface area contributed by atoms with Crippen LogP contribution in [0.2, 0.25) is 0 Å². The molecule has 0 aromatic heterocycles. The van der Waals surface area contributed by atoms with Gasteiger partial charge >= 0.3 is 0 Å². The molecule has 2 unspecified atom stereocenters. The van der Waals surface area contributed by atoms with Crippen LogP contribution in [-0.2, 0) is 4.79 Å². The van der Waals surface area contributed by atoms with Gasteiger partial charge in [0.15, 0.2) is 6.10 Å². The third-order valence-corrected chi connectivity index (χ3v) is 1.88. The number of aliphatic hydroxyl groups excluding tert-OH is 2. The van der Waals surface area contributed by atoms with E-state index >= 15 is 0 Å². The average molecular weight is 159 g/mol. The molecule has 1 aliphatic heterocycles. The number of carbonyl (C=O) groups excluding carboxylic acids is 1. The van der Waals surface area contributed by atoms with E-state index in [1.165, 1.54) is 11.8 Å². The fourth-order valence-electron chi connectivity index (χ4n) is 0.930. The molecule has 0 bridgehead atoms. The van der Waals surface area contributed by atoms with Gasteiger partial charge < -0.3 is 15.1 Å². The van der Waals surface area contributed by atoms with Crippen LogP contribution in [-0.4, -0.2) is 46.3 Å². The molecule has 0 spiro atoms. The van der Waals surface area contributed by atoms with E-state index in [4.69, 9.17) is 10.2 Å². The van der Waals surface area contributed by atoms with Crippen LogP contribution in [0.1, 0.15) is 13.3 Å². The van der Waals surface area contributed by atoms with Crippen LogP contribution < -0.4 is 0 Å². The highest BCUT2D eigenvalue weighted by atomic mass is 16.3. The van der Waals surface area contributed by atoms with Crippen LogP contribution in [0.15, 0.2) is 0 Å². The number of nitrogens with zero attached hydrogens (tertiary/aromatic N) is 1. The molecule has 64 valence electrons. The van der Waals surface area contributed by atoms with E-state index < -0.39 is 12.2 Å². The number of amides is 1. The second-order valence-corrected chi connectivity index (χ2v) is 2.86. The summed E-state index contributed by atoms with van der Waals surface area (Å²) in [6, 6.07) is 0. The number of carbonyl (C=O) groups is 1. The van der Waals surface area contributed by atoms with E-state index in [2.05, 4.69) is 0 Å². The van der Waals surface area contributed by atoms with Crippen LogP contribution in [0.5, 0.6) is 0 Å². The van der Waals surface area contributed by atoms with Gasteiger partial charge in [-0.05, 0) is 13.3 Å². The quantitative estimate of drug-likeness (QED) is 0.541. The fourth-order valence-corrected chi connectivity index (χ4v) is 0.930. The van der Waals surface area contributed by atoms with Gasteiger partial charge in [0.2, 0.25) is 0 Å². The Labute approximate surface area is 65.4 Å². The number of hydrogen-bond donors (Lipinski definition) is 2. The van der Waals surface area contributed by atoms with Gasteiger partial charge in [0.25, 0.3) is 5.91 Å². The smallest absolute Gasteiger partial charge is 0.254 e. The number of rotatable bonds is 2. The molecule has 1 aliphatic rings. The molecule has 4 heteroatoms. The van der Waals surface area contributed by atoms with Crippen molar-refractivity contribution in [3.8, 4) is 0 Å². The van der Waals surface area contributed by atoms with Gasteiger partial charge in [0.05, 0.1) is 6.10 Å². The standard InChI is InChI=1S/C7H13NO3/c1-5(9)6(10)7(11)8-3-2-4-8/h5-6,9-10H,2-4H2,1H3. The highest BCUT2D eigenvalue weighted by Gasteiger charge is 2.28. The maximum atomic E-state index is 11.1. The number of hydrogen-bond acceptors (Lipinski definition) is 3. The summed E-state index contributed by atoms with van der Waals surface area (Å²) in [6.45, 7) is 2.83. The van der Waals surface area contributed by atoms with E-state index in [1.54, 1.807) is 0 Å². The van der Waals surface area contributed by atoms with Gasteiger partial charge in [0.1, 0.15) is 0 Å². The van der Waals surface area contributed by atoms with Crippen LogP contribution >= 0.6 is 0 Å². The summed E-state index contributed by atoms with van der Waals surface area (Å²) in [5.41, 5.74) is 0. The van der Waals surface area contributed by atoms with Crippen molar-refractivity contribution in [3.63, 3.8) is 0 Å². The Morgan fingerprint density at radius 3 is 2.27 bits per heavy atom. The molecule has 2 atom stereocenters. The maximum Gasteiger partial charge on any atom is 0.254 e. The molecular formula is C7H13NO3. The average Bonchev–Trinajstić information content (AvgIpc) is 1.82. The number of likely N-dealkylation sites (tertiary alicyclic amines) is 1. The molecule has 0 radical (unpaired) electrons. The summed E-state index contributed by atoms with van der Waals surface area (Å²) < 4.78 is 0. The van der Waals surface area contributed by atoms with Crippen molar-refractivity contribution < 1.29 is 15.0 Å². The Morgan fingerprint density at radius 1 is 1.45 bits per heavy atom. The minimum Gasteiger partial charge on any atom is -0.390 e. The lowest BCUT2D eigenvalue weighted by Crippen LogP contribution is -2.50. The summed E-state index contributed by atoms with van der Waals surface area (Å²) in [4.78, 5) is 12.6. The third-order valence-electron chi connectivity index (χ3n) is 1.88. The lowest BCUT2D eigenvalue weighted by molar-refractivity contribution is -0.149. The van der Waals surface area contributed by atoms with Crippen LogP contribution in [0, 0.1) is 0 Å². The molecule has 0 aromatic carbocycles. The van der Waals surface area contributed by atoms with Crippen molar-refractivity contribution in [2.45, 2.75) is 25.6 Å². The van der Waals surface area contributed by atoms with Crippen LogP contribution in [0.25, 0.3) is 0 Å². The maximum absolute atomic E-state index is 11.1. The largest absolute Gasteiger partial charge is 0.390 e. The molecule has 1 saturated heterocycles. The van der Waals surface area contributed by atoms with Crippen molar-refractivity contribution >= 4 is 5.91 Å². The zero-order valence-electron chi connectivity index (χ0n) is 6.53. The van der Waals surface area contributed by atoms with Gasteiger partial charge in [0, 0.05) is 13.1 Å². The van der Waals surface area contributed by atoms with Crippen LogP contribution in [0.4, 0.5) is 0 Å².